The lowest BCUT2D eigenvalue weighted by atomic mass is 10.1. The number of rotatable bonds is 9. The van der Waals surface area contributed by atoms with E-state index in [2.05, 4.69) is 0 Å². The molecule has 1 aliphatic rings. The molecule has 0 spiro atoms. The summed E-state index contributed by atoms with van der Waals surface area (Å²) < 4.78 is 16.6. The second-order valence-corrected chi connectivity index (χ2v) is 5.72. The smallest absolute Gasteiger partial charge is 0.141 e. The predicted octanol–water partition coefficient (Wildman–Crippen LogP) is 1.04. The van der Waals surface area contributed by atoms with Gasteiger partial charge in [-0.05, 0) is 33.1 Å². The van der Waals surface area contributed by atoms with Crippen molar-refractivity contribution in [2.75, 3.05) is 19.8 Å². The van der Waals surface area contributed by atoms with Gasteiger partial charge in [0.2, 0.25) is 0 Å². The van der Waals surface area contributed by atoms with Crippen molar-refractivity contribution in [1.29, 1.82) is 0 Å². The van der Waals surface area contributed by atoms with Crippen molar-refractivity contribution in [3.8, 4) is 0 Å². The molecule has 1 unspecified atom stereocenters. The summed E-state index contributed by atoms with van der Waals surface area (Å²) in [6.07, 6.45) is 5.22. The van der Waals surface area contributed by atoms with Crippen LogP contribution >= 0.6 is 0 Å². The zero-order valence-corrected chi connectivity index (χ0v) is 12.3. The number of hydrogen-bond donors (Lipinski definition) is 0. The summed E-state index contributed by atoms with van der Waals surface area (Å²) in [4.78, 5) is 0. The van der Waals surface area contributed by atoms with Gasteiger partial charge in [-0.3, -0.25) is 0 Å². The molecule has 0 aliphatic carbocycles. The highest BCUT2D eigenvalue weighted by atomic mass is 28.1. The Bertz CT molecular complexity index is 165. The molecule has 15 heavy (non-hydrogen) atoms. The Balaban J connectivity index is 2.11. The molecule has 0 aromatic carbocycles. The van der Waals surface area contributed by atoms with Crippen molar-refractivity contribution in [3.05, 3.63) is 0 Å². The van der Waals surface area contributed by atoms with Crippen molar-refractivity contribution in [3.63, 3.8) is 0 Å². The quantitative estimate of drug-likeness (QED) is 0.258. The van der Waals surface area contributed by atoms with Gasteiger partial charge in [-0.25, -0.2) is 0 Å². The molecule has 4 heteroatoms. The maximum atomic E-state index is 5.70. The Kier molecular flexibility index (Phi) is 5.82. The molecule has 0 amide bonds. The van der Waals surface area contributed by atoms with Gasteiger partial charge < -0.3 is 14.2 Å². The van der Waals surface area contributed by atoms with Crippen LogP contribution in [0.1, 0.15) is 39.5 Å². The van der Waals surface area contributed by atoms with E-state index < -0.39 is 0 Å². The summed E-state index contributed by atoms with van der Waals surface area (Å²) in [5, 5.41) is 0. The summed E-state index contributed by atoms with van der Waals surface area (Å²) in [5.74, 6) is 0. The van der Waals surface area contributed by atoms with Gasteiger partial charge in [0, 0.05) is 13.2 Å². The van der Waals surface area contributed by atoms with Gasteiger partial charge in [0.15, 0.2) is 0 Å². The predicted molar refractivity (Wildman–Crippen MR) is 64.1 cm³/mol. The van der Waals surface area contributed by atoms with Gasteiger partial charge in [0.1, 0.15) is 5.41 Å². The number of hydrogen-bond acceptors (Lipinski definition) is 3. The van der Waals surface area contributed by atoms with Gasteiger partial charge in [-0.1, -0.05) is 6.42 Å². The number of ether oxygens (including phenoxy) is 3. The fraction of sp³-hybridized carbons (Fsp3) is 1.00. The van der Waals surface area contributed by atoms with E-state index in [0.717, 1.165) is 36.5 Å². The molecule has 90 valence electrons. The summed E-state index contributed by atoms with van der Waals surface area (Å²) in [6, 6.07) is 0. The maximum absolute atomic E-state index is 5.70. The standard InChI is InChI=1S/C11H24O3Si/c1-3-13-11(15,14-4-2)8-6-5-7-10-9-12-10/h10H,3-9H2,1-2,15H3. The summed E-state index contributed by atoms with van der Waals surface area (Å²) in [5.41, 5.74) is -0.242. The zero-order chi connectivity index (χ0) is 11.1. The minimum atomic E-state index is -0.242. The van der Waals surface area contributed by atoms with Crippen LogP contribution in [0.15, 0.2) is 0 Å². The summed E-state index contributed by atoms with van der Waals surface area (Å²) in [6.45, 7) is 6.53. The largest absolute Gasteiger partial charge is 0.373 e. The van der Waals surface area contributed by atoms with E-state index >= 15 is 0 Å². The second kappa shape index (κ2) is 6.63. The van der Waals surface area contributed by atoms with Crippen LogP contribution in [0, 0.1) is 0 Å². The third-order valence-electron chi connectivity index (χ3n) is 2.71. The Morgan fingerprint density at radius 3 is 2.33 bits per heavy atom. The highest BCUT2D eigenvalue weighted by Crippen LogP contribution is 2.21. The molecule has 1 atom stereocenters. The van der Waals surface area contributed by atoms with Gasteiger partial charge in [-0.2, -0.15) is 0 Å². The normalized spacial score (nSPS) is 20.8. The first-order valence-corrected chi connectivity index (χ1v) is 7.09. The average molecular weight is 232 g/mol. The molecule has 0 radical (unpaired) electrons. The van der Waals surface area contributed by atoms with Crippen LogP contribution in [-0.2, 0) is 14.2 Å². The Morgan fingerprint density at radius 2 is 1.87 bits per heavy atom. The minimum absolute atomic E-state index is 0.242. The van der Waals surface area contributed by atoms with Crippen LogP contribution < -0.4 is 0 Å². The summed E-state index contributed by atoms with van der Waals surface area (Å²) in [7, 11) is 0.941. The van der Waals surface area contributed by atoms with Crippen molar-refractivity contribution < 1.29 is 14.2 Å². The molecule has 0 bridgehead atoms. The van der Waals surface area contributed by atoms with Crippen molar-refractivity contribution in [1.82, 2.24) is 0 Å². The average Bonchev–Trinajstić information content (AvgIpc) is 2.97. The fourth-order valence-corrected chi connectivity index (χ4v) is 2.78. The van der Waals surface area contributed by atoms with Crippen LogP contribution in [0.4, 0.5) is 0 Å². The topological polar surface area (TPSA) is 31.0 Å². The highest BCUT2D eigenvalue weighted by molar-refractivity contribution is 6.13. The second-order valence-electron chi connectivity index (χ2n) is 4.20. The van der Waals surface area contributed by atoms with Crippen LogP contribution in [-0.4, -0.2) is 41.6 Å². The summed E-state index contributed by atoms with van der Waals surface area (Å²) >= 11 is 0. The van der Waals surface area contributed by atoms with Crippen LogP contribution in [0.5, 0.6) is 0 Å². The van der Waals surface area contributed by atoms with Crippen molar-refractivity contribution in [2.24, 2.45) is 0 Å². The number of unbranched alkanes of at least 4 members (excludes halogenated alkanes) is 1. The Labute approximate surface area is 95.9 Å². The molecule has 1 heterocycles. The lowest BCUT2D eigenvalue weighted by Crippen LogP contribution is -2.36. The molecular formula is C11H24O3Si. The van der Waals surface area contributed by atoms with Crippen molar-refractivity contribution in [2.45, 2.75) is 51.0 Å². The van der Waals surface area contributed by atoms with Crippen LogP contribution in [0.3, 0.4) is 0 Å². The Hall–Kier alpha value is 0.0969. The minimum Gasteiger partial charge on any atom is -0.373 e. The molecule has 1 aliphatic heterocycles. The first kappa shape index (κ1) is 13.2. The highest BCUT2D eigenvalue weighted by Gasteiger charge is 2.25. The van der Waals surface area contributed by atoms with Crippen LogP contribution in [0.25, 0.3) is 0 Å². The van der Waals surface area contributed by atoms with Crippen molar-refractivity contribution >= 4 is 10.2 Å². The number of epoxide rings is 1. The molecule has 0 aromatic heterocycles. The molecule has 1 rings (SSSR count). The maximum Gasteiger partial charge on any atom is 0.141 e. The molecule has 1 fully saturated rings. The fourth-order valence-electron chi connectivity index (χ4n) is 1.85. The molecule has 0 saturated carbocycles. The third-order valence-corrected chi connectivity index (χ3v) is 3.79. The van der Waals surface area contributed by atoms with Gasteiger partial charge >= 0.3 is 0 Å². The zero-order valence-electron chi connectivity index (χ0n) is 10.3. The van der Waals surface area contributed by atoms with E-state index in [1.807, 2.05) is 13.8 Å². The van der Waals surface area contributed by atoms with Crippen LogP contribution in [0.2, 0.25) is 0 Å². The van der Waals surface area contributed by atoms with E-state index in [4.69, 9.17) is 14.2 Å². The molecule has 3 nitrogen and oxygen atoms in total. The SMILES string of the molecule is CCOC([SiH3])(CCCCC1CO1)OCC. The van der Waals surface area contributed by atoms with Gasteiger partial charge in [0.05, 0.1) is 23.0 Å². The molecule has 0 aromatic rings. The molecule has 1 saturated heterocycles. The lowest BCUT2D eigenvalue weighted by molar-refractivity contribution is -0.177. The molecular weight excluding hydrogens is 208 g/mol. The van der Waals surface area contributed by atoms with Gasteiger partial charge in [-0.15, -0.1) is 0 Å². The van der Waals surface area contributed by atoms with E-state index in [-0.39, 0.29) is 5.41 Å². The molecule has 0 N–H and O–H groups in total. The monoisotopic (exact) mass is 232 g/mol. The van der Waals surface area contributed by atoms with E-state index in [0.29, 0.717) is 6.10 Å². The van der Waals surface area contributed by atoms with E-state index in [1.165, 1.54) is 19.3 Å². The first-order valence-electron chi connectivity index (χ1n) is 6.09. The third kappa shape index (κ3) is 5.66. The van der Waals surface area contributed by atoms with E-state index in [9.17, 15) is 0 Å². The Morgan fingerprint density at radius 1 is 1.27 bits per heavy atom. The van der Waals surface area contributed by atoms with Gasteiger partial charge in [0.25, 0.3) is 0 Å². The van der Waals surface area contributed by atoms with E-state index in [1.54, 1.807) is 0 Å². The lowest BCUT2D eigenvalue weighted by Gasteiger charge is -2.29. The first-order chi connectivity index (χ1) is 7.20.